The second-order valence-corrected chi connectivity index (χ2v) is 15.1. The number of aromatic nitrogens is 10. The van der Waals surface area contributed by atoms with E-state index in [0.29, 0.717) is 37.8 Å². The quantitative estimate of drug-likeness (QED) is 0.243. The van der Waals surface area contributed by atoms with Crippen LogP contribution in [0.3, 0.4) is 0 Å². The van der Waals surface area contributed by atoms with Gasteiger partial charge in [-0.1, -0.05) is 26.7 Å². The fourth-order valence-corrected chi connectivity index (χ4v) is 7.94. The van der Waals surface area contributed by atoms with E-state index in [9.17, 15) is 19.2 Å². The predicted molar refractivity (Wildman–Crippen MR) is 196 cm³/mol. The van der Waals surface area contributed by atoms with Crippen LogP contribution in [-0.2, 0) is 35.8 Å². The van der Waals surface area contributed by atoms with E-state index in [1.165, 1.54) is 48.3 Å². The summed E-state index contributed by atoms with van der Waals surface area (Å²) in [5, 5.41) is 22.6. The number of hydrogen-bond acceptors (Lipinski definition) is 10. The first-order valence-electron chi connectivity index (χ1n) is 19.1. The topological polar surface area (TPSA) is 196 Å². The van der Waals surface area contributed by atoms with Crippen LogP contribution >= 0.6 is 0 Å². The van der Waals surface area contributed by atoms with Crippen molar-refractivity contribution in [3.63, 3.8) is 0 Å². The molecule has 288 valence electrons. The first kappa shape index (κ1) is 36.9. The number of carbonyl (C=O) groups is 4. The first-order valence-corrected chi connectivity index (χ1v) is 19.1. The fourth-order valence-electron chi connectivity index (χ4n) is 7.94. The molecule has 0 saturated heterocycles. The second-order valence-electron chi connectivity index (χ2n) is 15.1. The Balaban J connectivity index is 0.000000167. The number of nitrogens with zero attached hydrogens (tertiary/aromatic N) is 12. The van der Waals surface area contributed by atoms with Crippen molar-refractivity contribution < 1.29 is 19.2 Å². The molecular formula is C36H50N14O4. The van der Waals surface area contributed by atoms with E-state index in [1.54, 1.807) is 70.0 Å². The van der Waals surface area contributed by atoms with Crippen molar-refractivity contribution >= 4 is 35.3 Å². The monoisotopic (exact) mass is 742 g/mol. The minimum Gasteiger partial charge on any atom is -0.337 e. The van der Waals surface area contributed by atoms with E-state index < -0.39 is 23.9 Å². The summed E-state index contributed by atoms with van der Waals surface area (Å²) in [5.74, 6) is 3.40. The van der Waals surface area contributed by atoms with Gasteiger partial charge >= 0.3 is 0 Å². The summed E-state index contributed by atoms with van der Waals surface area (Å²) in [7, 11) is 3.38. The number of hydrogen-bond donors (Lipinski definition) is 2. The van der Waals surface area contributed by atoms with Crippen molar-refractivity contribution in [3.8, 4) is 0 Å². The molecule has 2 aliphatic heterocycles. The average Bonchev–Trinajstić information content (AvgIpc) is 3.96. The molecule has 18 heteroatoms. The highest BCUT2D eigenvalue weighted by atomic mass is 16.2. The van der Waals surface area contributed by atoms with Gasteiger partial charge in [0.15, 0.2) is 0 Å². The van der Waals surface area contributed by atoms with Crippen LogP contribution in [0.2, 0.25) is 0 Å². The predicted octanol–water partition coefficient (Wildman–Crippen LogP) is 2.15. The maximum Gasteiger partial charge on any atom is 0.291 e. The van der Waals surface area contributed by atoms with Crippen molar-refractivity contribution in [1.82, 2.24) is 59.7 Å². The van der Waals surface area contributed by atoms with Gasteiger partial charge in [0.25, 0.3) is 23.6 Å². The summed E-state index contributed by atoms with van der Waals surface area (Å²) in [6.07, 6.45) is 14.8. The van der Waals surface area contributed by atoms with Crippen LogP contribution in [0.1, 0.15) is 86.5 Å². The third-order valence-corrected chi connectivity index (χ3v) is 11.4. The molecule has 2 atom stereocenters. The Morgan fingerprint density at radius 1 is 0.667 bits per heavy atom. The van der Waals surface area contributed by atoms with E-state index in [4.69, 9.17) is 0 Å². The molecule has 54 heavy (non-hydrogen) atoms. The minimum atomic E-state index is -0.618. The zero-order valence-electron chi connectivity index (χ0n) is 31.4. The summed E-state index contributed by atoms with van der Waals surface area (Å²) in [6.45, 7) is 7.15. The molecular weight excluding hydrogens is 692 g/mol. The number of amides is 4. The van der Waals surface area contributed by atoms with Gasteiger partial charge in [0, 0.05) is 52.4 Å². The lowest BCUT2D eigenvalue weighted by atomic mass is 9.74. The molecule has 2 N–H and O–H groups in total. The Bertz CT molecular complexity index is 1810. The van der Waals surface area contributed by atoms with Gasteiger partial charge in [-0.2, -0.15) is 10.2 Å². The van der Waals surface area contributed by atoms with Crippen molar-refractivity contribution in [1.29, 1.82) is 0 Å². The third-order valence-electron chi connectivity index (χ3n) is 11.4. The molecule has 4 aromatic rings. The van der Waals surface area contributed by atoms with Gasteiger partial charge in [0.05, 0.1) is 12.4 Å². The van der Waals surface area contributed by atoms with Gasteiger partial charge in [-0.15, -0.1) is 10.2 Å². The van der Waals surface area contributed by atoms with Gasteiger partial charge in [-0.3, -0.25) is 38.3 Å². The van der Waals surface area contributed by atoms with Crippen LogP contribution in [0.15, 0.2) is 37.2 Å². The Labute approximate surface area is 313 Å². The summed E-state index contributed by atoms with van der Waals surface area (Å²) in [6, 6.07) is 2.34. The normalized spacial score (nSPS) is 24.9. The molecule has 0 radical (unpaired) electrons. The molecule has 8 rings (SSSR count). The highest BCUT2D eigenvalue weighted by molar-refractivity contribution is 6.01. The number of nitrogens with one attached hydrogen (secondary N) is 2. The number of likely N-dealkylation sites (N-methyl/N-ethyl adjacent to an activating group) is 2. The highest BCUT2D eigenvalue weighted by Gasteiger charge is 2.33. The standard InChI is InChI=1S/2C18H25N7O2/c2*1-3-12-8-13(9-12)10-24-11-19-16(22-24)17(26)21-14-5-7-25-15(4-6-20-25)23(2)18(14)27/h2*4,6,11-14H,3,5,7-10H2,1-2H3,(H,21,26)/t2*12?,13?,14-/m00/s1. The molecule has 2 saturated carbocycles. The Kier molecular flexibility index (Phi) is 10.9. The zero-order valence-corrected chi connectivity index (χ0v) is 31.4. The molecule has 0 bridgehead atoms. The number of anilines is 2. The van der Waals surface area contributed by atoms with Crippen molar-refractivity contribution in [2.45, 2.75) is 103 Å². The average molecular weight is 743 g/mol. The molecule has 4 aromatic heterocycles. The molecule has 0 aromatic carbocycles. The minimum absolute atomic E-state index is 0.110. The van der Waals surface area contributed by atoms with E-state index in [2.05, 4.69) is 54.8 Å². The van der Waals surface area contributed by atoms with Crippen LogP contribution < -0.4 is 20.4 Å². The van der Waals surface area contributed by atoms with Crippen molar-refractivity contribution in [2.75, 3.05) is 23.9 Å². The Morgan fingerprint density at radius 2 is 1.07 bits per heavy atom. The van der Waals surface area contributed by atoms with Gasteiger partial charge in [0.2, 0.25) is 11.6 Å². The number of fused-ring (bicyclic) bond motifs is 2. The van der Waals surface area contributed by atoms with Gasteiger partial charge in [-0.05, 0) is 62.2 Å². The summed E-state index contributed by atoms with van der Waals surface area (Å²) < 4.78 is 7.00. The van der Waals surface area contributed by atoms with E-state index in [-0.39, 0.29) is 23.5 Å². The van der Waals surface area contributed by atoms with Crippen LogP contribution in [0.5, 0.6) is 0 Å². The second kappa shape index (κ2) is 15.9. The third kappa shape index (κ3) is 7.91. The SMILES string of the molecule is CCC1CC(Cn2cnc(C(=O)N[C@H]3CCn4nccc4N(C)C3=O)n2)C1.CCC1CC(Cn2cnc(C(=O)N[C@H]3CCn4nccc4N(C)C3=O)n2)C1. The van der Waals surface area contributed by atoms with Crippen LogP contribution in [0.25, 0.3) is 0 Å². The van der Waals surface area contributed by atoms with Gasteiger partial charge in [-0.25, -0.2) is 19.3 Å². The van der Waals surface area contributed by atoms with Crippen LogP contribution in [-0.4, -0.2) is 98.9 Å². The summed E-state index contributed by atoms with van der Waals surface area (Å²) >= 11 is 0. The lowest BCUT2D eigenvalue weighted by Gasteiger charge is -2.34. The number of aryl methyl sites for hydroxylation is 2. The molecule has 18 nitrogen and oxygen atoms in total. The molecule has 4 amide bonds. The van der Waals surface area contributed by atoms with E-state index in [1.807, 2.05) is 0 Å². The van der Waals surface area contributed by atoms with Crippen molar-refractivity contribution in [3.05, 3.63) is 48.8 Å². The summed E-state index contributed by atoms with van der Waals surface area (Å²) in [4.78, 5) is 61.7. The maximum atomic E-state index is 12.7. The lowest BCUT2D eigenvalue weighted by Crippen LogP contribution is -2.47. The summed E-state index contributed by atoms with van der Waals surface area (Å²) in [5.41, 5.74) is 0. The molecule has 2 aliphatic carbocycles. The smallest absolute Gasteiger partial charge is 0.291 e. The number of rotatable bonds is 10. The van der Waals surface area contributed by atoms with Crippen LogP contribution in [0, 0.1) is 23.7 Å². The molecule has 2 fully saturated rings. The van der Waals surface area contributed by atoms with Gasteiger partial charge in [0.1, 0.15) is 36.4 Å². The first-order chi connectivity index (χ1) is 26.1. The zero-order chi connectivity index (χ0) is 37.9. The lowest BCUT2D eigenvalue weighted by molar-refractivity contribution is -0.120. The van der Waals surface area contributed by atoms with E-state index in [0.717, 1.165) is 36.6 Å². The fraction of sp³-hybridized carbons (Fsp3) is 0.611. The van der Waals surface area contributed by atoms with Crippen molar-refractivity contribution in [2.24, 2.45) is 23.7 Å². The molecule has 6 heterocycles. The Morgan fingerprint density at radius 3 is 1.46 bits per heavy atom. The van der Waals surface area contributed by atoms with Crippen LogP contribution in [0.4, 0.5) is 11.6 Å². The van der Waals surface area contributed by atoms with Gasteiger partial charge < -0.3 is 10.6 Å². The molecule has 0 unspecified atom stereocenters. The van der Waals surface area contributed by atoms with E-state index >= 15 is 0 Å². The molecule has 0 spiro atoms. The maximum absolute atomic E-state index is 12.7. The highest BCUT2D eigenvalue weighted by Crippen LogP contribution is 2.37. The Hall–Kier alpha value is -5.42. The largest absolute Gasteiger partial charge is 0.337 e. The number of carbonyl (C=O) groups excluding carboxylic acids is 4. The molecule has 4 aliphatic rings.